The molecule has 2 nitrogen and oxygen atoms in total. The molecule has 0 aromatic rings. The fraction of sp³-hybridized carbons (Fsp3) is 0.875. The van der Waals surface area contributed by atoms with Gasteiger partial charge in [0.15, 0.2) is 0 Å². The van der Waals surface area contributed by atoms with Gasteiger partial charge in [0.2, 0.25) is 8.32 Å². The fourth-order valence-electron chi connectivity index (χ4n) is 2.10. The summed E-state index contributed by atoms with van der Waals surface area (Å²) in [4.78, 5) is 2.44. The molecule has 0 rings (SSSR count). The summed E-state index contributed by atoms with van der Waals surface area (Å²) in [6.45, 7) is 15.7. The van der Waals surface area contributed by atoms with Crippen molar-refractivity contribution in [1.82, 2.24) is 4.90 Å². The SMILES string of the molecule is CCCCC/C(=C/O[Si](C)(CC)CC)N(CC)CC. The number of hydrogen-bond acceptors (Lipinski definition) is 2. The van der Waals surface area contributed by atoms with Crippen molar-refractivity contribution in [3.63, 3.8) is 0 Å². The minimum absolute atomic E-state index is 1.08. The van der Waals surface area contributed by atoms with Gasteiger partial charge in [0.1, 0.15) is 0 Å². The van der Waals surface area contributed by atoms with Crippen LogP contribution in [0.1, 0.15) is 60.3 Å². The van der Waals surface area contributed by atoms with Crippen LogP contribution in [0.4, 0.5) is 0 Å². The van der Waals surface area contributed by atoms with E-state index in [-0.39, 0.29) is 0 Å². The van der Waals surface area contributed by atoms with Crippen molar-refractivity contribution < 1.29 is 4.43 Å². The van der Waals surface area contributed by atoms with Crippen LogP contribution in [0, 0.1) is 0 Å². The van der Waals surface area contributed by atoms with E-state index in [9.17, 15) is 0 Å². The van der Waals surface area contributed by atoms with Gasteiger partial charge in [0.05, 0.1) is 6.26 Å². The molecule has 0 amide bonds. The van der Waals surface area contributed by atoms with Crippen LogP contribution < -0.4 is 0 Å². The van der Waals surface area contributed by atoms with Gasteiger partial charge in [-0.25, -0.2) is 0 Å². The second-order valence-electron chi connectivity index (χ2n) is 5.51. The summed E-state index contributed by atoms with van der Waals surface area (Å²) in [5.74, 6) is 0. The summed E-state index contributed by atoms with van der Waals surface area (Å²) < 4.78 is 6.24. The molecule has 0 radical (unpaired) electrons. The maximum atomic E-state index is 6.24. The maximum absolute atomic E-state index is 6.24. The molecule has 0 saturated carbocycles. The van der Waals surface area contributed by atoms with E-state index >= 15 is 0 Å². The summed E-state index contributed by atoms with van der Waals surface area (Å²) in [7, 11) is -1.48. The van der Waals surface area contributed by atoms with Gasteiger partial charge in [-0.15, -0.1) is 0 Å². The van der Waals surface area contributed by atoms with E-state index in [1.807, 2.05) is 0 Å². The first-order valence-electron chi connectivity index (χ1n) is 8.18. The Hall–Kier alpha value is -0.443. The van der Waals surface area contributed by atoms with E-state index in [0.717, 1.165) is 19.5 Å². The highest BCUT2D eigenvalue weighted by Gasteiger charge is 2.25. The standard InChI is InChI=1S/C16H35NOSi/c1-7-12-13-14-16(17(8-2)9-3)15-18-19(6,10-4)11-5/h15H,7-14H2,1-6H3/b16-15-. The predicted octanol–water partition coefficient (Wildman–Crippen LogP) is 5.38. The normalized spacial score (nSPS) is 12.6. The van der Waals surface area contributed by atoms with Crippen LogP contribution in [0.25, 0.3) is 0 Å². The molecule has 0 unspecified atom stereocenters. The number of unbranched alkanes of at least 4 members (excludes halogenated alkanes) is 2. The maximum Gasteiger partial charge on any atom is 0.247 e. The van der Waals surface area contributed by atoms with Crippen LogP contribution in [0.3, 0.4) is 0 Å². The third-order valence-corrected chi connectivity index (χ3v) is 7.86. The van der Waals surface area contributed by atoms with E-state index in [2.05, 4.69) is 52.3 Å². The third kappa shape index (κ3) is 7.05. The molecule has 0 aromatic heterocycles. The lowest BCUT2D eigenvalue weighted by molar-refractivity contribution is 0.337. The van der Waals surface area contributed by atoms with Gasteiger partial charge in [0, 0.05) is 18.8 Å². The summed E-state index contributed by atoms with van der Waals surface area (Å²) >= 11 is 0. The molecule has 0 heterocycles. The van der Waals surface area contributed by atoms with Crippen molar-refractivity contribution in [2.75, 3.05) is 13.1 Å². The summed E-state index contributed by atoms with van der Waals surface area (Å²) in [5, 5.41) is 0. The molecule has 0 N–H and O–H groups in total. The Morgan fingerprint density at radius 3 is 2.00 bits per heavy atom. The fourth-order valence-corrected chi connectivity index (χ4v) is 3.36. The molecule has 0 aromatic carbocycles. The number of rotatable bonds is 11. The molecule has 19 heavy (non-hydrogen) atoms. The average molecular weight is 286 g/mol. The van der Waals surface area contributed by atoms with E-state index in [4.69, 9.17) is 4.43 Å². The molecular formula is C16H35NOSi. The van der Waals surface area contributed by atoms with Gasteiger partial charge in [-0.1, -0.05) is 33.6 Å². The predicted molar refractivity (Wildman–Crippen MR) is 88.8 cm³/mol. The number of allylic oxidation sites excluding steroid dienone is 1. The van der Waals surface area contributed by atoms with Gasteiger partial charge in [-0.05, 0) is 45.3 Å². The number of nitrogens with zero attached hydrogens (tertiary/aromatic N) is 1. The van der Waals surface area contributed by atoms with E-state index < -0.39 is 8.32 Å². The van der Waals surface area contributed by atoms with Crippen molar-refractivity contribution in [1.29, 1.82) is 0 Å². The summed E-state index contributed by atoms with van der Waals surface area (Å²) in [6, 6.07) is 2.39. The molecule has 0 aliphatic rings. The lowest BCUT2D eigenvalue weighted by atomic mass is 10.1. The Labute approximate surface area is 122 Å². The molecule has 3 heteroatoms. The van der Waals surface area contributed by atoms with Crippen molar-refractivity contribution in [2.45, 2.75) is 78.9 Å². The van der Waals surface area contributed by atoms with Gasteiger partial charge in [0.25, 0.3) is 0 Å². The van der Waals surface area contributed by atoms with Gasteiger partial charge in [-0.3, -0.25) is 0 Å². The van der Waals surface area contributed by atoms with Crippen LogP contribution in [-0.2, 0) is 4.43 Å². The molecule has 114 valence electrons. The Morgan fingerprint density at radius 1 is 1.00 bits per heavy atom. The average Bonchev–Trinajstić information content (AvgIpc) is 2.45. The highest BCUT2D eigenvalue weighted by molar-refractivity contribution is 6.72. The Bertz CT molecular complexity index is 245. The van der Waals surface area contributed by atoms with Gasteiger partial charge in [-0.2, -0.15) is 0 Å². The van der Waals surface area contributed by atoms with E-state index in [0.29, 0.717) is 0 Å². The lowest BCUT2D eigenvalue weighted by Gasteiger charge is -2.28. The van der Waals surface area contributed by atoms with Gasteiger partial charge < -0.3 is 9.33 Å². The zero-order chi connectivity index (χ0) is 14.7. The largest absolute Gasteiger partial charge is 0.548 e. The lowest BCUT2D eigenvalue weighted by Crippen LogP contribution is -2.31. The van der Waals surface area contributed by atoms with Crippen LogP contribution in [-0.4, -0.2) is 26.3 Å². The van der Waals surface area contributed by atoms with Crippen LogP contribution in [0.15, 0.2) is 12.0 Å². The quantitative estimate of drug-likeness (QED) is 0.287. The molecule has 0 bridgehead atoms. The van der Waals surface area contributed by atoms with Crippen molar-refractivity contribution >= 4 is 8.32 Å². The van der Waals surface area contributed by atoms with Crippen molar-refractivity contribution in [3.05, 3.63) is 12.0 Å². The molecular weight excluding hydrogens is 250 g/mol. The molecule has 0 spiro atoms. The minimum Gasteiger partial charge on any atom is -0.548 e. The molecule has 0 aliphatic heterocycles. The minimum atomic E-state index is -1.48. The topological polar surface area (TPSA) is 12.5 Å². The second kappa shape index (κ2) is 10.4. The zero-order valence-corrected chi connectivity index (χ0v) is 15.1. The monoisotopic (exact) mass is 285 g/mol. The summed E-state index contributed by atoms with van der Waals surface area (Å²) in [6.07, 6.45) is 7.13. The molecule has 0 atom stereocenters. The van der Waals surface area contributed by atoms with Crippen molar-refractivity contribution in [3.8, 4) is 0 Å². The number of hydrogen-bond donors (Lipinski definition) is 0. The van der Waals surface area contributed by atoms with Gasteiger partial charge >= 0.3 is 0 Å². The zero-order valence-electron chi connectivity index (χ0n) is 14.1. The van der Waals surface area contributed by atoms with Crippen molar-refractivity contribution in [2.24, 2.45) is 0 Å². The van der Waals surface area contributed by atoms with E-state index in [1.165, 1.54) is 37.0 Å². The van der Waals surface area contributed by atoms with Crippen LogP contribution >= 0.6 is 0 Å². The third-order valence-electron chi connectivity index (χ3n) is 4.18. The molecule has 0 aliphatic carbocycles. The highest BCUT2D eigenvalue weighted by Crippen LogP contribution is 2.20. The van der Waals surface area contributed by atoms with E-state index in [1.54, 1.807) is 0 Å². The summed E-state index contributed by atoms with van der Waals surface area (Å²) in [5.41, 5.74) is 1.40. The Morgan fingerprint density at radius 2 is 1.58 bits per heavy atom. The second-order valence-corrected chi connectivity index (χ2v) is 10.1. The smallest absolute Gasteiger partial charge is 0.247 e. The highest BCUT2D eigenvalue weighted by atomic mass is 28.4. The Kier molecular flexibility index (Phi) is 10.1. The first-order valence-corrected chi connectivity index (χ1v) is 11.0. The Balaban J connectivity index is 4.70. The van der Waals surface area contributed by atoms with Crippen LogP contribution in [0.2, 0.25) is 18.6 Å². The molecule has 0 saturated heterocycles. The molecule has 0 fully saturated rings. The first-order chi connectivity index (χ1) is 9.06. The first kappa shape index (κ1) is 18.6. The van der Waals surface area contributed by atoms with Crippen LogP contribution in [0.5, 0.6) is 0 Å².